The molecule has 0 spiro atoms. The van der Waals surface area contributed by atoms with Crippen LogP contribution in [0, 0.1) is 0 Å². The van der Waals surface area contributed by atoms with E-state index in [2.05, 4.69) is 13.5 Å². The molecule has 0 N–H and O–H groups in total. The first-order valence-electron chi connectivity index (χ1n) is 9.05. The Morgan fingerprint density at radius 3 is 1.78 bits per heavy atom. The lowest BCUT2D eigenvalue weighted by molar-refractivity contribution is 0.558. The maximum absolute atomic E-state index is 12.2. The second-order valence-corrected chi connectivity index (χ2v) is 8.38. The fraction of sp³-hybridized carbons (Fsp3) is 0.600. The molecule has 0 amide bonds. The summed E-state index contributed by atoms with van der Waals surface area (Å²) in [5.74, 6) is 0.261. The summed E-state index contributed by atoms with van der Waals surface area (Å²) in [6.45, 7) is 5.92. The topological polar surface area (TPSA) is 34.1 Å². The molecule has 130 valence electrons. The minimum atomic E-state index is -3.13. The van der Waals surface area contributed by atoms with Crippen LogP contribution in [-0.2, 0) is 9.84 Å². The third-order valence-electron chi connectivity index (χ3n) is 4.24. The zero-order valence-corrected chi connectivity index (χ0v) is 15.4. The number of hydrogen-bond acceptors (Lipinski definition) is 2. The van der Waals surface area contributed by atoms with Crippen LogP contribution in [0.5, 0.6) is 0 Å². The Morgan fingerprint density at radius 1 is 0.826 bits per heavy atom. The van der Waals surface area contributed by atoms with Gasteiger partial charge >= 0.3 is 0 Å². The second-order valence-electron chi connectivity index (χ2n) is 6.27. The predicted octanol–water partition coefficient (Wildman–Crippen LogP) is 6.02. The van der Waals surface area contributed by atoms with Gasteiger partial charge in [-0.2, -0.15) is 0 Å². The van der Waals surface area contributed by atoms with Gasteiger partial charge in [-0.25, -0.2) is 8.42 Å². The molecule has 0 aliphatic rings. The Labute approximate surface area is 142 Å². The lowest BCUT2D eigenvalue weighted by atomic mass is 10.1. The highest BCUT2D eigenvalue weighted by Crippen LogP contribution is 2.16. The molecule has 1 aromatic rings. The number of sulfone groups is 1. The van der Waals surface area contributed by atoms with Gasteiger partial charge in [-0.15, -0.1) is 0 Å². The molecule has 0 radical (unpaired) electrons. The summed E-state index contributed by atoms with van der Waals surface area (Å²) in [7, 11) is -3.13. The molecule has 0 saturated heterocycles. The maximum Gasteiger partial charge on any atom is 0.178 e. The Hall–Kier alpha value is -1.09. The van der Waals surface area contributed by atoms with E-state index in [-0.39, 0.29) is 5.75 Å². The van der Waals surface area contributed by atoms with Gasteiger partial charge in [0.25, 0.3) is 0 Å². The van der Waals surface area contributed by atoms with Crippen LogP contribution < -0.4 is 0 Å². The van der Waals surface area contributed by atoms with Crippen LogP contribution in [-0.4, -0.2) is 14.2 Å². The molecule has 0 aliphatic heterocycles. The van der Waals surface area contributed by atoms with Crippen molar-refractivity contribution in [1.82, 2.24) is 0 Å². The number of hydrogen-bond donors (Lipinski definition) is 0. The molecular formula is C20H32O2S. The Kier molecular flexibility index (Phi) is 9.93. The quantitative estimate of drug-likeness (QED) is 0.412. The Bertz CT molecular complexity index is 529. The summed E-state index contributed by atoms with van der Waals surface area (Å²) in [5.41, 5.74) is 0.947. The van der Waals surface area contributed by atoms with Crippen molar-refractivity contribution in [2.24, 2.45) is 0 Å². The first-order chi connectivity index (χ1) is 11.1. The van der Waals surface area contributed by atoms with Crippen molar-refractivity contribution in [3.8, 4) is 0 Å². The number of benzene rings is 1. The molecule has 1 rings (SSSR count). The van der Waals surface area contributed by atoms with Gasteiger partial charge in [-0.1, -0.05) is 89.5 Å². The predicted molar refractivity (Wildman–Crippen MR) is 100 cm³/mol. The molecule has 0 fully saturated rings. The van der Waals surface area contributed by atoms with Crippen molar-refractivity contribution >= 4 is 15.9 Å². The van der Waals surface area contributed by atoms with Crippen LogP contribution in [0.15, 0.2) is 35.7 Å². The number of rotatable bonds is 13. The second kappa shape index (κ2) is 11.4. The summed E-state index contributed by atoms with van der Waals surface area (Å²) in [5, 5.41) is 0. The molecule has 0 atom stereocenters. The normalized spacial score (nSPS) is 11.5. The standard InChI is InChI=1S/C20H32O2S/c1-3-5-6-7-8-9-10-11-12-13-18-23(21,22)20-16-14-19(4-2)15-17-20/h4,14-17H,2-3,5-13,18H2,1H3. The van der Waals surface area contributed by atoms with E-state index in [1.165, 1.54) is 44.9 Å². The molecule has 3 heteroatoms. The molecule has 0 heterocycles. The van der Waals surface area contributed by atoms with Gasteiger partial charge in [0.2, 0.25) is 0 Å². The SMILES string of the molecule is C=Cc1ccc(S(=O)(=O)CCCCCCCCCCCC)cc1. The molecular weight excluding hydrogens is 304 g/mol. The molecule has 1 aromatic carbocycles. The van der Waals surface area contributed by atoms with Crippen LogP contribution in [0.25, 0.3) is 6.08 Å². The van der Waals surface area contributed by atoms with Gasteiger partial charge in [0.05, 0.1) is 10.6 Å². The van der Waals surface area contributed by atoms with Crippen LogP contribution >= 0.6 is 0 Å². The molecule has 0 aromatic heterocycles. The first-order valence-corrected chi connectivity index (χ1v) is 10.7. The lowest BCUT2D eigenvalue weighted by Crippen LogP contribution is -2.06. The van der Waals surface area contributed by atoms with E-state index in [0.717, 1.165) is 24.8 Å². The van der Waals surface area contributed by atoms with Crippen molar-refractivity contribution in [2.75, 3.05) is 5.75 Å². The molecule has 2 nitrogen and oxygen atoms in total. The van der Waals surface area contributed by atoms with Crippen molar-refractivity contribution < 1.29 is 8.42 Å². The average Bonchev–Trinajstić information content (AvgIpc) is 2.56. The molecule has 0 unspecified atom stereocenters. The van der Waals surface area contributed by atoms with Crippen LogP contribution in [0.4, 0.5) is 0 Å². The Balaban J connectivity index is 2.15. The summed E-state index contributed by atoms with van der Waals surface area (Å²) in [6.07, 6.45) is 13.9. The van der Waals surface area contributed by atoms with Gasteiger partial charge in [0.1, 0.15) is 0 Å². The van der Waals surface area contributed by atoms with E-state index < -0.39 is 9.84 Å². The molecule has 23 heavy (non-hydrogen) atoms. The monoisotopic (exact) mass is 336 g/mol. The van der Waals surface area contributed by atoms with Gasteiger partial charge < -0.3 is 0 Å². The lowest BCUT2D eigenvalue weighted by Gasteiger charge is -2.05. The highest BCUT2D eigenvalue weighted by molar-refractivity contribution is 7.91. The third kappa shape index (κ3) is 8.36. The number of unbranched alkanes of at least 4 members (excludes halogenated alkanes) is 9. The van der Waals surface area contributed by atoms with E-state index in [1.54, 1.807) is 30.3 Å². The summed E-state index contributed by atoms with van der Waals surface area (Å²) in [4.78, 5) is 0.430. The summed E-state index contributed by atoms with van der Waals surface area (Å²) >= 11 is 0. The highest BCUT2D eigenvalue weighted by Gasteiger charge is 2.13. The van der Waals surface area contributed by atoms with Crippen molar-refractivity contribution in [3.05, 3.63) is 36.4 Å². The van der Waals surface area contributed by atoms with E-state index in [4.69, 9.17) is 0 Å². The van der Waals surface area contributed by atoms with Crippen molar-refractivity contribution in [1.29, 1.82) is 0 Å². The summed E-state index contributed by atoms with van der Waals surface area (Å²) in [6, 6.07) is 6.97. The van der Waals surface area contributed by atoms with E-state index in [1.807, 2.05) is 0 Å². The zero-order valence-electron chi connectivity index (χ0n) is 14.6. The van der Waals surface area contributed by atoms with Crippen LogP contribution in [0.1, 0.15) is 76.7 Å². The zero-order chi connectivity index (χ0) is 17.0. The minimum Gasteiger partial charge on any atom is -0.224 e. The fourth-order valence-electron chi connectivity index (χ4n) is 2.71. The molecule has 0 bridgehead atoms. The molecule has 0 aliphatic carbocycles. The van der Waals surface area contributed by atoms with Crippen LogP contribution in [0.2, 0.25) is 0 Å². The van der Waals surface area contributed by atoms with Gasteiger partial charge in [0.15, 0.2) is 9.84 Å². The Morgan fingerprint density at radius 2 is 1.30 bits per heavy atom. The van der Waals surface area contributed by atoms with Gasteiger partial charge in [-0.05, 0) is 24.1 Å². The van der Waals surface area contributed by atoms with E-state index in [9.17, 15) is 8.42 Å². The fourth-order valence-corrected chi connectivity index (χ4v) is 4.08. The van der Waals surface area contributed by atoms with Gasteiger partial charge in [-0.3, -0.25) is 0 Å². The summed E-state index contributed by atoms with van der Waals surface area (Å²) < 4.78 is 24.5. The maximum atomic E-state index is 12.2. The van der Waals surface area contributed by atoms with Gasteiger partial charge in [0, 0.05) is 0 Å². The smallest absolute Gasteiger partial charge is 0.178 e. The van der Waals surface area contributed by atoms with Crippen molar-refractivity contribution in [3.63, 3.8) is 0 Å². The minimum absolute atomic E-state index is 0.261. The first kappa shape index (κ1) is 20.0. The average molecular weight is 337 g/mol. The highest BCUT2D eigenvalue weighted by atomic mass is 32.2. The van der Waals surface area contributed by atoms with Crippen LogP contribution in [0.3, 0.4) is 0 Å². The van der Waals surface area contributed by atoms with Crippen molar-refractivity contribution in [2.45, 2.75) is 76.0 Å². The van der Waals surface area contributed by atoms with E-state index >= 15 is 0 Å². The largest absolute Gasteiger partial charge is 0.224 e. The van der Waals surface area contributed by atoms with E-state index in [0.29, 0.717) is 4.90 Å². The third-order valence-corrected chi connectivity index (χ3v) is 6.06. The molecule has 0 saturated carbocycles.